The maximum atomic E-state index is 10.7. The molecule has 0 amide bonds. The second-order valence-corrected chi connectivity index (χ2v) is 4.83. The lowest BCUT2D eigenvalue weighted by molar-refractivity contribution is 0.0699. The van der Waals surface area contributed by atoms with Crippen LogP contribution in [0.3, 0.4) is 0 Å². The zero-order chi connectivity index (χ0) is 13.1. The van der Waals surface area contributed by atoms with Gasteiger partial charge in [-0.15, -0.1) is 11.3 Å². The normalized spacial score (nSPS) is 10.3. The Morgan fingerprint density at radius 1 is 1.39 bits per heavy atom. The molecule has 0 fully saturated rings. The lowest BCUT2D eigenvalue weighted by Crippen LogP contribution is -1.94. The highest BCUT2D eigenvalue weighted by Crippen LogP contribution is 2.25. The molecular formula is C11H8ClNO4S. The summed E-state index contributed by atoms with van der Waals surface area (Å²) in [6.07, 6.45) is 0. The number of aromatic hydroxyl groups is 1. The molecule has 5 nitrogen and oxygen atoms in total. The summed E-state index contributed by atoms with van der Waals surface area (Å²) < 4.78 is 5.38. The number of benzene rings is 1. The van der Waals surface area contributed by atoms with Crippen LogP contribution >= 0.6 is 22.9 Å². The van der Waals surface area contributed by atoms with Crippen LogP contribution in [0.4, 0.5) is 0 Å². The fourth-order valence-corrected chi connectivity index (χ4v) is 2.07. The van der Waals surface area contributed by atoms with E-state index >= 15 is 0 Å². The highest BCUT2D eigenvalue weighted by atomic mass is 35.5. The number of carbonyl (C=O) groups is 1. The van der Waals surface area contributed by atoms with Crippen LogP contribution in [-0.4, -0.2) is 21.2 Å². The summed E-state index contributed by atoms with van der Waals surface area (Å²) in [6, 6.07) is 6.74. The number of ether oxygens (including phenoxy) is 1. The van der Waals surface area contributed by atoms with Crippen LogP contribution in [0.15, 0.2) is 24.3 Å². The summed E-state index contributed by atoms with van der Waals surface area (Å²) in [4.78, 5) is 14.2. The van der Waals surface area contributed by atoms with Gasteiger partial charge in [0, 0.05) is 5.02 Å². The number of hydrogen-bond acceptors (Lipinski definition) is 5. The van der Waals surface area contributed by atoms with Gasteiger partial charge in [0.05, 0.1) is 0 Å². The first kappa shape index (κ1) is 12.7. The van der Waals surface area contributed by atoms with Crippen LogP contribution in [0.1, 0.15) is 14.7 Å². The van der Waals surface area contributed by atoms with Gasteiger partial charge in [-0.25, -0.2) is 9.78 Å². The number of carboxylic acid groups (broad SMARTS) is 1. The van der Waals surface area contributed by atoms with Gasteiger partial charge in [0.2, 0.25) is 5.88 Å². The van der Waals surface area contributed by atoms with E-state index in [2.05, 4.69) is 4.98 Å². The minimum Gasteiger partial charge on any atom is -0.492 e. The van der Waals surface area contributed by atoms with E-state index in [-0.39, 0.29) is 11.5 Å². The number of thiazole rings is 1. The van der Waals surface area contributed by atoms with E-state index in [0.29, 0.717) is 15.8 Å². The van der Waals surface area contributed by atoms with Crippen molar-refractivity contribution in [1.29, 1.82) is 0 Å². The molecule has 0 bridgehead atoms. The van der Waals surface area contributed by atoms with E-state index in [1.807, 2.05) is 0 Å². The van der Waals surface area contributed by atoms with Crippen molar-refractivity contribution in [2.24, 2.45) is 0 Å². The van der Waals surface area contributed by atoms with Gasteiger partial charge in [0.25, 0.3) is 0 Å². The quantitative estimate of drug-likeness (QED) is 0.903. The highest BCUT2D eigenvalue weighted by Gasteiger charge is 2.16. The van der Waals surface area contributed by atoms with E-state index in [9.17, 15) is 9.90 Å². The summed E-state index contributed by atoms with van der Waals surface area (Å²) >= 11 is 6.60. The standard InChI is InChI=1S/C11H8ClNO4S/c12-6-1-3-7(4-2-6)17-5-8-13-10(14)9(18-8)11(15)16/h1-4,14H,5H2,(H,15,16). The molecule has 0 spiro atoms. The summed E-state index contributed by atoms with van der Waals surface area (Å²) in [6.45, 7) is 0.0904. The molecule has 2 aromatic rings. The van der Waals surface area contributed by atoms with Crippen molar-refractivity contribution in [1.82, 2.24) is 4.98 Å². The molecule has 0 unspecified atom stereocenters. The van der Waals surface area contributed by atoms with E-state index in [1.165, 1.54) is 0 Å². The molecule has 0 saturated heterocycles. The number of halogens is 1. The highest BCUT2D eigenvalue weighted by molar-refractivity contribution is 7.13. The predicted octanol–water partition coefficient (Wildman–Crippen LogP) is 2.78. The van der Waals surface area contributed by atoms with Crippen molar-refractivity contribution >= 4 is 28.9 Å². The molecule has 1 aromatic heterocycles. The van der Waals surface area contributed by atoms with Gasteiger partial charge >= 0.3 is 5.97 Å². The van der Waals surface area contributed by atoms with Gasteiger partial charge in [-0.2, -0.15) is 0 Å². The summed E-state index contributed by atoms with van der Waals surface area (Å²) in [5.74, 6) is -1.10. The molecule has 94 valence electrons. The number of aromatic carboxylic acids is 1. The van der Waals surface area contributed by atoms with E-state index in [4.69, 9.17) is 21.4 Å². The summed E-state index contributed by atoms with van der Waals surface area (Å²) in [5, 5.41) is 19.0. The Morgan fingerprint density at radius 2 is 2.06 bits per heavy atom. The van der Waals surface area contributed by atoms with E-state index < -0.39 is 11.8 Å². The zero-order valence-corrected chi connectivity index (χ0v) is 10.5. The fourth-order valence-electron chi connectivity index (χ4n) is 1.23. The first-order valence-corrected chi connectivity index (χ1v) is 6.06. The Bertz CT molecular complexity index is 567. The number of nitrogens with zero attached hydrogens (tertiary/aromatic N) is 1. The van der Waals surface area contributed by atoms with E-state index in [1.54, 1.807) is 24.3 Å². The van der Waals surface area contributed by atoms with Crippen LogP contribution in [0.2, 0.25) is 5.02 Å². The molecule has 0 aliphatic carbocycles. The molecule has 2 N–H and O–H groups in total. The molecule has 18 heavy (non-hydrogen) atoms. The molecule has 2 rings (SSSR count). The Hall–Kier alpha value is -1.79. The molecular weight excluding hydrogens is 278 g/mol. The Morgan fingerprint density at radius 3 is 2.61 bits per heavy atom. The van der Waals surface area contributed by atoms with Gasteiger partial charge in [-0.3, -0.25) is 0 Å². The first-order valence-electron chi connectivity index (χ1n) is 4.86. The minimum absolute atomic E-state index is 0.0904. The maximum Gasteiger partial charge on any atom is 0.351 e. The average molecular weight is 286 g/mol. The van der Waals surface area contributed by atoms with Crippen molar-refractivity contribution in [3.8, 4) is 11.6 Å². The number of aromatic nitrogens is 1. The maximum absolute atomic E-state index is 10.7. The summed E-state index contributed by atoms with van der Waals surface area (Å²) in [7, 11) is 0. The van der Waals surface area contributed by atoms with Crippen LogP contribution in [0.25, 0.3) is 0 Å². The van der Waals surface area contributed by atoms with Crippen LogP contribution in [0.5, 0.6) is 11.6 Å². The third-order valence-corrected chi connectivity index (χ3v) is 3.28. The molecule has 0 saturated carbocycles. The molecule has 1 heterocycles. The third kappa shape index (κ3) is 2.91. The van der Waals surface area contributed by atoms with Gasteiger partial charge in [-0.1, -0.05) is 11.6 Å². The SMILES string of the molecule is O=C(O)c1sc(COc2ccc(Cl)cc2)nc1O. The molecule has 1 aromatic carbocycles. The number of carboxylic acids is 1. The Kier molecular flexibility index (Phi) is 3.69. The minimum atomic E-state index is -1.21. The van der Waals surface area contributed by atoms with Crippen molar-refractivity contribution in [2.45, 2.75) is 6.61 Å². The second-order valence-electron chi connectivity index (χ2n) is 3.31. The van der Waals surface area contributed by atoms with Gasteiger partial charge in [0.15, 0.2) is 4.88 Å². The average Bonchev–Trinajstić information content (AvgIpc) is 2.70. The van der Waals surface area contributed by atoms with Gasteiger partial charge < -0.3 is 14.9 Å². The Labute approximate surface area is 111 Å². The van der Waals surface area contributed by atoms with E-state index in [0.717, 1.165) is 11.3 Å². The molecule has 0 aliphatic heterocycles. The van der Waals surface area contributed by atoms with Gasteiger partial charge in [0.1, 0.15) is 17.4 Å². The zero-order valence-electron chi connectivity index (χ0n) is 8.96. The molecule has 0 radical (unpaired) electrons. The van der Waals surface area contributed by atoms with Crippen LogP contribution < -0.4 is 4.74 Å². The first-order chi connectivity index (χ1) is 8.56. The third-order valence-electron chi connectivity index (χ3n) is 2.02. The van der Waals surface area contributed by atoms with Gasteiger partial charge in [-0.05, 0) is 24.3 Å². The largest absolute Gasteiger partial charge is 0.492 e. The van der Waals surface area contributed by atoms with Crippen LogP contribution in [0, 0.1) is 0 Å². The fraction of sp³-hybridized carbons (Fsp3) is 0.0909. The lowest BCUT2D eigenvalue weighted by atomic mass is 10.3. The molecule has 0 aliphatic rings. The molecule has 0 atom stereocenters. The number of hydrogen-bond donors (Lipinski definition) is 2. The lowest BCUT2D eigenvalue weighted by Gasteiger charge is -2.02. The Balaban J connectivity index is 2.04. The number of rotatable bonds is 4. The second kappa shape index (κ2) is 5.24. The predicted molar refractivity (Wildman–Crippen MR) is 66.5 cm³/mol. The van der Waals surface area contributed by atoms with Crippen LogP contribution in [-0.2, 0) is 6.61 Å². The van der Waals surface area contributed by atoms with Crippen molar-refractivity contribution in [2.75, 3.05) is 0 Å². The molecule has 7 heteroatoms. The summed E-state index contributed by atoms with van der Waals surface area (Å²) in [5.41, 5.74) is 0. The van der Waals surface area contributed by atoms with Crippen molar-refractivity contribution < 1.29 is 19.7 Å². The smallest absolute Gasteiger partial charge is 0.351 e. The topological polar surface area (TPSA) is 79.7 Å². The monoisotopic (exact) mass is 285 g/mol. The van der Waals surface area contributed by atoms with Crippen molar-refractivity contribution in [3.05, 3.63) is 39.2 Å². The van der Waals surface area contributed by atoms with Crippen molar-refractivity contribution in [3.63, 3.8) is 0 Å².